The molecule has 2 bridgehead atoms. The molecule has 0 radical (unpaired) electrons. The highest BCUT2D eigenvalue weighted by Crippen LogP contribution is 2.49. The van der Waals surface area contributed by atoms with E-state index in [-0.39, 0.29) is 5.92 Å². The van der Waals surface area contributed by atoms with Crippen LogP contribution in [0.4, 0.5) is 0 Å². The number of aromatic nitrogens is 2. The van der Waals surface area contributed by atoms with Crippen LogP contribution in [-0.4, -0.2) is 59.9 Å². The van der Waals surface area contributed by atoms with Crippen molar-refractivity contribution in [2.24, 2.45) is 11.8 Å². The smallest absolute Gasteiger partial charge is 0.146 e. The van der Waals surface area contributed by atoms with Gasteiger partial charge in [0.1, 0.15) is 28.4 Å². The highest BCUT2D eigenvalue weighted by molar-refractivity contribution is 5.87. The maximum Gasteiger partial charge on any atom is 0.146 e. The van der Waals surface area contributed by atoms with Gasteiger partial charge < -0.3 is 24.5 Å². The Morgan fingerprint density at radius 3 is 2.61 bits per heavy atom. The second kappa shape index (κ2) is 10.7. The zero-order valence-electron chi connectivity index (χ0n) is 21.8. The van der Waals surface area contributed by atoms with E-state index in [0.717, 1.165) is 73.6 Å². The van der Waals surface area contributed by atoms with Gasteiger partial charge in [-0.2, -0.15) is 0 Å². The number of nitrogens with one attached hydrogen (secondary N) is 1. The van der Waals surface area contributed by atoms with Gasteiger partial charge in [0.15, 0.2) is 0 Å². The summed E-state index contributed by atoms with van der Waals surface area (Å²) in [5.74, 6) is 3.18. The van der Waals surface area contributed by atoms with E-state index >= 15 is 0 Å². The van der Waals surface area contributed by atoms with Crippen molar-refractivity contribution in [3.8, 4) is 11.5 Å². The lowest BCUT2D eigenvalue weighted by atomic mass is 9.70. The lowest BCUT2D eigenvalue weighted by Gasteiger charge is -2.41. The second-order valence-corrected chi connectivity index (χ2v) is 10.6. The summed E-state index contributed by atoms with van der Waals surface area (Å²) >= 11 is 0. The largest absolute Gasteiger partial charge is 0.494 e. The molecule has 0 amide bonds. The molecule has 1 heterocycles. The summed E-state index contributed by atoms with van der Waals surface area (Å²) in [5.41, 5.74) is 3.88. The van der Waals surface area contributed by atoms with Gasteiger partial charge in [0.25, 0.3) is 0 Å². The number of ether oxygens (including phenoxy) is 2. The van der Waals surface area contributed by atoms with Gasteiger partial charge in [0.05, 0.1) is 19.8 Å². The van der Waals surface area contributed by atoms with Gasteiger partial charge in [-0.15, -0.1) is 0 Å². The number of aryl methyl sites for hydroxylation is 1. The Hall–Kier alpha value is -2.83. The summed E-state index contributed by atoms with van der Waals surface area (Å²) in [4.78, 5) is 10.5. The fourth-order valence-electron chi connectivity index (χ4n) is 6.20. The normalized spacial score (nSPS) is 23.6. The molecule has 0 saturated heterocycles. The van der Waals surface area contributed by atoms with Crippen LogP contribution in [0.25, 0.3) is 16.6 Å². The third-order valence-corrected chi connectivity index (χ3v) is 8.22. The monoisotopic (exact) mass is 489 g/mol. The number of benzene rings is 2. The van der Waals surface area contributed by atoms with E-state index in [4.69, 9.17) is 14.5 Å². The van der Waals surface area contributed by atoms with Gasteiger partial charge in [-0.25, -0.2) is 4.98 Å². The molecule has 1 fully saturated rings. The fourth-order valence-corrected chi connectivity index (χ4v) is 6.20. The van der Waals surface area contributed by atoms with Crippen molar-refractivity contribution in [3.05, 3.63) is 59.9 Å². The van der Waals surface area contributed by atoms with E-state index in [1.807, 2.05) is 12.1 Å². The van der Waals surface area contributed by atoms with Gasteiger partial charge in [0.2, 0.25) is 0 Å². The van der Waals surface area contributed by atoms with Crippen LogP contribution in [0.5, 0.6) is 11.5 Å². The average Bonchev–Trinajstić information content (AvgIpc) is 3.12. The summed E-state index contributed by atoms with van der Waals surface area (Å²) < 4.78 is 11.0. The number of hydrogen-bond acceptors (Lipinski definition) is 5. The predicted molar refractivity (Wildman–Crippen MR) is 144 cm³/mol. The van der Waals surface area contributed by atoms with Gasteiger partial charge in [-0.1, -0.05) is 42.8 Å². The molecule has 36 heavy (non-hydrogen) atoms. The fraction of sp³-hybridized carbons (Fsp3) is 0.500. The summed E-state index contributed by atoms with van der Waals surface area (Å²) in [6, 6.07) is 14.5. The van der Waals surface area contributed by atoms with Crippen molar-refractivity contribution in [1.29, 1.82) is 0 Å². The maximum atomic E-state index is 11.7. The molecule has 192 valence electrons. The number of aliphatic hydroxyl groups is 1. The van der Waals surface area contributed by atoms with E-state index in [1.165, 1.54) is 24.0 Å². The Balaban J connectivity index is 1.17. The third kappa shape index (κ3) is 5.02. The Kier molecular flexibility index (Phi) is 7.35. The number of methoxy groups -OCH3 is 2. The second-order valence-electron chi connectivity index (χ2n) is 10.6. The molecule has 2 aromatic carbocycles. The zero-order chi connectivity index (χ0) is 25.1. The molecule has 1 aromatic heterocycles. The minimum absolute atomic E-state index is 0.250. The zero-order valence-corrected chi connectivity index (χ0v) is 21.8. The number of rotatable bonds is 10. The number of nitrogens with zero attached hydrogens (tertiary/aromatic N) is 2. The molecule has 0 aliphatic heterocycles. The quantitative estimate of drug-likeness (QED) is 0.395. The van der Waals surface area contributed by atoms with Crippen molar-refractivity contribution in [2.45, 2.75) is 50.5 Å². The van der Waals surface area contributed by atoms with Gasteiger partial charge in [-0.05, 0) is 74.9 Å². The first-order valence-electron chi connectivity index (χ1n) is 13.3. The van der Waals surface area contributed by atoms with Crippen LogP contribution in [0.3, 0.4) is 0 Å². The molecular weight excluding hydrogens is 450 g/mol. The van der Waals surface area contributed by atoms with Gasteiger partial charge in [-0.3, -0.25) is 0 Å². The maximum absolute atomic E-state index is 11.7. The SMILES string of the molecule is COc1ccc(OC)c2[nH]c(CCCN(C)CC[C@@]3(O)C[C@@H]4CCC[C@H]3C=C4c3ccccc3)nc12. The number of allylic oxidation sites excluding steroid dienone is 1. The van der Waals surface area contributed by atoms with Crippen LogP contribution in [-0.2, 0) is 6.42 Å². The van der Waals surface area contributed by atoms with Crippen LogP contribution in [0.1, 0.15) is 49.9 Å². The Morgan fingerprint density at radius 2 is 1.83 bits per heavy atom. The topological polar surface area (TPSA) is 70.6 Å². The summed E-state index contributed by atoms with van der Waals surface area (Å²) in [6.45, 7) is 1.86. The molecule has 1 saturated carbocycles. The molecular formula is C30H39N3O3. The predicted octanol–water partition coefficient (Wildman–Crippen LogP) is 5.47. The van der Waals surface area contributed by atoms with E-state index in [2.05, 4.69) is 53.3 Å². The summed E-state index contributed by atoms with van der Waals surface area (Å²) in [6.07, 6.45) is 9.42. The number of fused-ring (bicyclic) bond motifs is 4. The standard InChI is InChI=1S/C30H39N3O3/c1-33(17-8-13-27-31-28-25(35-2)14-15-26(36-3)29(28)32-27)18-16-30(34)20-22-11-7-12-23(30)19-24(22)21-9-5-4-6-10-21/h4-6,9-10,14-15,19,22-23,34H,7-8,11-13,16-18,20H2,1-3H3,(H,31,32)/t22-,23-,30+/m0/s1. The van der Waals surface area contributed by atoms with Crippen molar-refractivity contribution < 1.29 is 14.6 Å². The Labute approximate surface area is 214 Å². The minimum Gasteiger partial charge on any atom is -0.494 e. The van der Waals surface area contributed by atoms with Crippen LogP contribution >= 0.6 is 0 Å². The first kappa shape index (κ1) is 24.8. The molecule has 3 aromatic rings. The van der Waals surface area contributed by atoms with Crippen LogP contribution < -0.4 is 9.47 Å². The first-order valence-corrected chi connectivity index (χ1v) is 13.3. The molecule has 6 rings (SSSR count). The van der Waals surface area contributed by atoms with E-state index in [9.17, 15) is 5.11 Å². The lowest BCUT2D eigenvalue weighted by molar-refractivity contribution is -0.0299. The summed E-state index contributed by atoms with van der Waals surface area (Å²) in [7, 11) is 5.49. The number of imidazole rings is 1. The molecule has 2 N–H and O–H groups in total. The average molecular weight is 490 g/mol. The first-order chi connectivity index (χ1) is 17.5. The van der Waals surface area contributed by atoms with Crippen LogP contribution in [0.15, 0.2) is 48.5 Å². The Morgan fingerprint density at radius 1 is 1.06 bits per heavy atom. The Bertz CT molecular complexity index is 1160. The number of hydrogen-bond donors (Lipinski definition) is 2. The summed E-state index contributed by atoms with van der Waals surface area (Å²) in [5, 5.41) is 11.7. The molecule has 6 heteroatoms. The molecule has 0 unspecified atom stereocenters. The van der Waals surface area contributed by atoms with Crippen LogP contribution in [0.2, 0.25) is 0 Å². The van der Waals surface area contributed by atoms with Gasteiger partial charge >= 0.3 is 0 Å². The highest BCUT2D eigenvalue weighted by atomic mass is 16.5. The van der Waals surface area contributed by atoms with E-state index in [1.54, 1.807) is 14.2 Å². The van der Waals surface area contributed by atoms with Crippen LogP contribution in [0, 0.1) is 11.8 Å². The number of aromatic amines is 1. The van der Waals surface area contributed by atoms with Crippen molar-refractivity contribution in [2.75, 3.05) is 34.4 Å². The third-order valence-electron chi connectivity index (χ3n) is 8.22. The highest BCUT2D eigenvalue weighted by Gasteiger charge is 2.44. The number of H-pyrrole nitrogens is 1. The molecule has 3 aliphatic carbocycles. The lowest BCUT2D eigenvalue weighted by Crippen LogP contribution is -2.43. The van der Waals surface area contributed by atoms with E-state index < -0.39 is 5.60 Å². The van der Waals surface area contributed by atoms with Crippen molar-refractivity contribution in [1.82, 2.24) is 14.9 Å². The van der Waals surface area contributed by atoms with Crippen molar-refractivity contribution in [3.63, 3.8) is 0 Å². The van der Waals surface area contributed by atoms with Gasteiger partial charge in [0, 0.05) is 18.9 Å². The van der Waals surface area contributed by atoms with E-state index in [0.29, 0.717) is 5.92 Å². The van der Waals surface area contributed by atoms with Crippen molar-refractivity contribution >= 4 is 16.6 Å². The molecule has 6 nitrogen and oxygen atoms in total. The molecule has 3 aliphatic rings. The molecule has 0 spiro atoms. The molecule has 3 atom stereocenters. The minimum atomic E-state index is -0.598.